The second-order valence-corrected chi connectivity index (χ2v) is 5.99. The van der Waals surface area contributed by atoms with Gasteiger partial charge in [0.15, 0.2) is 9.84 Å². The van der Waals surface area contributed by atoms with Crippen molar-refractivity contribution in [2.24, 2.45) is 5.73 Å². The molecular formula is C11H17NO3S. The molecule has 0 bridgehead atoms. The van der Waals surface area contributed by atoms with E-state index in [1.807, 2.05) is 13.8 Å². The molecule has 0 aliphatic rings. The minimum atomic E-state index is -3.26. The largest absolute Gasteiger partial charge is 0.387 e. The van der Waals surface area contributed by atoms with Crippen LogP contribution >= 0.6 is 0 Å². The van der Waals surface area contributed by atoms with Crippen LogP contribution in [0.2, 0.25) is 0 Å². The molecule has 1 aromatic rings. The van der Waals surface area contributed by atoms with Crippen LogP contribution in [-0.4, -0.2) is 26.3 Å². The summed E-state index contributed by atoms with van der Waals surface area (Å²) >= 11 is 0. The van der Waals surface area contributed by atoms with Gasteiger partial charge in [-0.15, -0.1) is 0 Å². The third kappa shape index (κ3) is 2.61. The molecule has 0 aromatic heterocycles. The number of hydrogen-bond acceptors (Lipinski definition) is 4. The highest BCUT2D eigenvalue weighted by atomic mass is 32.2. The Morgan fingerprint density at radius 1 is 1.38 bits per heavy atom. The summed E-state index contributed by atoms with van der Waals surface area (Å²) in [6.45, 7) is 3.74. The van der Waals surface area contributed by atoms with Crippen LogP contribution in [0.15, 0.2) is 17.0 Å². The van der Waals surface area contributed by atoms with Gasteiger partial charge in [-0.2, -0.15) is 0 Å². The zero-order chi connectivity index (χ0) is 12.5. The quantitative estimate of drug-likeness (QED) is 0.819. The molecule has 5 heteroatoms. The Hall–Kier alpha value is -0.910. The Labute approximate surface area is 96.0 Å². The number of aryl methyl sites for hydroxylation is 1. The predicted octanol–water partition coefficient (Wildman–Crippen LogP) is 0.699. The molecule has 90 valence electrons. The first-order chi connectivity index (χ1) is 7.27. The molecule has 0 heterocycles. The van der Waals surface area contributed by atoms with Gasteiger partial charge in [0.1, 0.15) is 0 Å². The van der Waals surface area contributed by atoms with E-state index in [4.69, 9.17) is 5.73 Å². The van der Waals surface area contributed by atoms with Crippen LogP contribution in [0.3, 0.4) is 0 Å². The van der Waals surface area contributed by atoms with Crippen molar-refractivity contribution in [2.45, 2.75) is 24.8 Å². The molecule has 1 rings (SSSR count). The summed E-state index contributed by atoms with van der Waals surface area (Å²) in [5.74, 6) is 0. The lowest BCUT2D eigenvalue weighted by Crippen LogP contribution is -2.14. The highest BCUT2D eigenvalue weighted by molar-refractivity contribution is 7.90. The summed E-state index contributed by atoms with van der Waals surface area (Å²) in [4.78, 5) is 0.220. The van der Waals surface area contributed by atoms with E-state index in [1.54, 1.807) is 6.07 Å². The predicted molar refractivity (Wildman–Crippen MR) is 63.0 cm³/mol. The van der Waals surface area contributed by atoms with Crippen molar-refractivity contribution in [3.05, 3.63) is 28.8 Å². The van der Waals surface area contributed by atoms with Gasteiger partial charge in [-0.25, -0.2) is 8.42 Å². The highest BCUT2D eigenvalue weighted by Gasteiger charge is 2.15. The number of aliphatic hydroxyl groups excluding tert-OH is 1. The summed E-state index contributed by atoms with van der Waals surface area (Å²) < 4.78 is 22.9. The van der Waals surface area contributed by atoms with Gasteiger partial charge in [0.2, 0.25) is 0 Å². The molecule has 1 aromatic carbocycles. The second-order valence-electron chi connectivity index (χ2n) is 3.98. The monoisotopic (exact) mass is 243 g/mol. The fraction of sp³-hybridized carbons (Fsp3) is 0.455. The second kappa shape index (κ2) is 4.53. The maximum Gasteiger partial charge on any atom is 0.175 e. The summed E-state index contributed by atoms with van der Waals surface area (Å²) in [6, 6.07) is 3.10. The Bertz CT molecular complexity index is 494. The first kappa shape index (κ1) is 13.2. The van der Waals surface area contributed by atoms with E-state index in [-0.39, 0.29) is 11.4 Å². The summed E-state index contributed by atoms with van der Waals surface area (Å²) in [7, 11) is -3.26. The molecule has 0 saturated heterocycles. The van der Waals surface area contributed by atoms with Crippen molar-refractivity contribution in [2.75, 3.05) is 12.8 Å². The Kier molecular flexibility index (Phi) is 3.72. The molecule has 0 fully saturated rings. The van der Waals surface area contributed by atoms with E-state index >= 15 is 0 Å². The Morgan fingerprint density at radius 3 is 2.38 bits per heavy atom. The first-order valence-corrected chi connectivity index (χ1v) is 6.86. The van der Waals surface area contributed by atoms with Crippen LogP contribution < -0.4 is 5.73 Å². The van der Waals surface area contributed by atoms with Crippen molar-refractivity contribution in [3.63, 3.8) is 0 Å². The summed E-state index contributed by atoms with van der Waals surface area (Å²) in [5, 5.41) is 9.70. The van der Waals surface area contributed by atoms with Gasteiger partial charge < -0.3 is 10.8 Å². The molecule has 1 atom stereocenters. The van der Waals surface area contributed by atoms with Gasteiger partial charge in [-0.1, -0.05) is 0 Å². The smallest absolute Gasteiger partial charge is 0.175 e. The normalized spacial score (nSPS) is 13.8. The van der Waals surface area contributed by atoms with Crippen LogP contribution in [-0.2, 0) is 9.84 Å². The average Bonchev–Trinajstić information content (AvgIpc) is 2.19. The van der Waals surface area contributed by atoms with E-state index in [2.05, 4.69) is 0 Å². The van der Waals surface area contributed by atoms with Gasteiger partial charge in [0, 0.05) is 12.8 Å². The van der Waals surface area contributed by atoms with Crippen LogP contribution in [0.5, 0.6) is 0 Å². The first-order valence-electron chi connectivity index (χ1n) is 4.96. The van der Waals surface area contributed by atoms with Gasteiger partial charge >= 0.3 is 0 Å². The van der Waals surface area contributed by atoms with Gasteiger partial charge in [0.25, 0.3) is 0 Å². The lowest BCUT2D eigenvalue weighted by atomic mass is 9.99. The van der Waals surface area contributed by atoms with E-state index in [1.165, 1.54) is 6.07 Å². The number of benzene rings is 1. The van der Waals surface area contributed by atoms with Crippen molar-refractivity contribution >= 4 is 9.84 Å². The lowest BCUT2D eigenvalue weighted by Gasteiger charge is -2.15. The van der Waals surface area contributed by atoms with Gasteiger partial charge in [-0.3, -0.25) is 0 Å². The standard InChI is InChI=1S/C11H17NO3S/c1-7-4-9(16(3,14)15)5-10(8(7)2)11(13)6-12/h4-5,11,13H,6,12H2,1-3H3. The number of aliphatic hydroxyl groups is 1. The van der Waals surface area contributed by atoms with E-state index in [0.717, 1.165) is 17.4 Å². The van der Waals surface area contributed by atoms with Crippen LogP contribution in [0.1, 0.15) is 22.8 Å². The van der Waals surface area contributed by atoms with Crippen molar-refractivity contribution in [1.29, 1.82) is 0 Å². The number of rotatable bonds is 3. The van der Waals surface area contributed by atoms with Gasteiger partial charge in [0.05, 0.1) is 11.0 Å². The zero-order valence-corrected chi connectivity index (χ0v) is 10.5. The maximum atomic E-state index is 11.4. The fourth-order valence-corrected chi connectivity index (χ4v) is 2.27. The molecule has 0 radical (unpaired) electrons. The average molecular weight is 243 g/mol. The molecule has 0 aliphatic heterocycles. The topological polar surface area (TPSA) is 80.4 Å². The number of nitrogens with two attached hydrogens (primary N) is 1. The Balaban J connectivity index is 3.45. The van der Waals surface area contributed by atoms with Crippen LogP contribution in [0.25, 0.3) is 0 Å². The number of hydrogen-bond donors (Lipinski definition) is 2. The van der Waals surface area contributed by atoms with E-state index < -0.39 is 15.9 Å². The maximum absolute atomic E-state index is 11.4. The lowest BCUT2D eigenvalue weighted by molar-refractivity contribution is 0.185. The van der Waals surface area contributed by atoms with Gasteiger partial charge in [-0.05, 0) is 42.7 Å². The zero-order valence-electron chi connectivity index (χ0n) is 9.69. The summed E-state index contributed by atoms with van der Waals surface area (Å²) in [5.41, 5.74) is 7.69. The van der Waals surface area contributed by atoms with Crippen molar-refractivity contribution in [3.8, 4) is 0 Å². The highest BCUT2D eigenvalue weighted by Crippen LogP contribution is 2.24. The molecule has 0 aliphatic carbocycles. The van der Waals surface area contributed by atoms with E-state index in [9.17, 15) is 13.5 Å². The SMILES string of the molecule is Cc1cc(S(C)(=O)=O)cc(C(O)CN)c1C. The minimum absolute atomic E-state index is 0.0769. The minimum Gasteiger partial charge on any atom is -0.387 e. The van der Waals surface area contributed by atoms with E-state index in [0.29, 0.717) is 5.56 Å². The van der Waals surface area contributed by atoms with Crippen molar-refractivity contribution in [1.82, 2.24) is 0 Å². The number of sulfone groups is 1. The third-order valence-corrected chi connectivity index (χ3v) is 3.78. The molecule has 0 amide bonds. The molecule has 16 heavy (non-hydrogen) atoms. The third-order valence-electron chi connectivity index (χ3n) is 2.69. The Morgan fingerprint density at radius 2 is 1.94 bits per heavy atom. The van der Waals surface area contributed by atoms with Crippen LogP contribution in [0.4, 0.5) is 0 Å². The molecular weight excluding hydrogens is 226 g/mol. The van der Waals surface area contributed by atoms with Crippen LogP contribution in [0, 0.1) is 13.8 Å². The molecule has 0 spiro atoms. The molecule has 1 unspecified atom stereocenters. The fourth-order valence-electron chi connectivity index (χ4n) is 1.54. The molecule has 4 nitrogen and oxygen atoms in total. The molecule has 0 saturated carbocycles. The molecule has 3 N–H and O–H groups in total. The summed E-state index contributed by atoms with van der Waals surface area (Å²) in [6.07, 6.45) is 0.329. The van der Waals surface area contributed by atoms with Crippen molar-refractivity contribution < 1.29 is 13.5 Å².